The molecule has 0 spiro atoms. The van der Waals surface area contributed by atoms with Gasteiger partial charge in [0.05, 0.1) is 0 Å². The van der Waals surface area contributed by atoms with Crippen LogP contribution in [0, 0.1) is 0 Å². The van der Waals surface area contributed by atoms with E-state index in [1.165, 1.54) is 6.07 Å². The van der Waals surface area contributed by atoms with Crippen LogP contribution in [0.25, 0.3) is 0 Å². The van der Waals surface area contributed by atoms with E-state index in [-0.39, 0.29) is 5.76 Å². The molecule has 0 unspecified atom stereocenters. The van der Waals surface area contributed by atoms with Crippen LogP contribution in [-0.4, -0.2) is 38.3 Å². The lowest BCUT2D eigenvalue weighted by Gasteiger charge is -2.15. The van der Waals surface area contributed by atoms with Gasteiger partial charge in [-0.15, -0.1) is 0 Å². The van der Waals surface area contributed by atoms with Crippen molar-refractivity contribution in [3.63, 3.8) is 0 Å². The summed E-state index contributed by atoms with van der Waals surface area (Å²) < 4.78 is 5.14. The van der Waals surface area contributed by atoms with Gasteiger partial charge in [-0.1, -0.05) is 0 Å². The van der Waals surface area contributed by atoms with Gasteiger partial charge < -0.3 is 19.7 Å². The first-order chi connectivity index (χ1) is 7.15. The first kappa shape index (κ1) is 11.6. The second kappa shape index (κ2) is 5.41. The Kier molecular flexibility index (Phi) is 4.17. The summed E-state index contributed by atoms with van der Waals surface area (Å²) in [5.74, 6) is -0.473. The molecule has 2 N–H and O–H groups in total. The van der Waals surface area contributed by atoms with E-state index in [9.17, 15) is 4.79 Å². The van der Waals surface area contributed by atoms with Gasteiger partial charge in [-0.2, -0.15) is 0 Å². The van der Waals surface area contributed by atoms with Crippen molar-refractivity contribution in [3.8, 4) is 0 Å². The van der Waals surface area contributed by atoms with E-state index in [1.807, 2.05) is 19.0 Å². The summed E-state index contributed by atoms with van der Waals surface area (Å²) >= 11 is 0. The number of carboxylic acid groups (broad SMARTS) is 1. The number of furan rings is 1. The SMILES string of the molecule is CNCCCN(C)c1ccc(C(=O)O)o1. The molecule has 0 radical (unpaired) electrons. The average molecular weight is 212 g/mol. The average Bonchev–Trinajstić information content (AvgIpc) is 2.66. The fourth-order valence-corrected chi connectivity index (χ4v) is 1.25. The molecule has 84 valence electrons. The van der Waals surface area contributed by atoms with Gasteiger partial charge in [-0.25, -0.2) is 4.79 Å². The predicted octanol–water partition coefficient (Wildman–Crippen LogP) is 1.02. The maximum atomic E-state index is 10.6. The molecule has 1 rings (SSSR count). The molecule has 0 atom stereocenters. The molecule has 0 aliphatic carbocycles. The summed E-state index contributed by atoms with van der Waals surface area (Å²) in [6, 6.07) is 3.13. The van der Waals surface area contributed by atoms with E-state index in [4.69, 9.17) is 9.52 Å². The summed E-state index contributed by atoms with van der Waals surface area (Å²) in [5, 5.41) is 11.7. The Morgan fingerprint density at radius 1 is 1.60 bits per heavy atom. The Labute approximate surface area is 88.7 Å². The maximum absolute atomic E-state index is 10.6. The fraction of sp³-hybridized carbons (Fsp3) is 0.500. The number of hydrogen-bond donors (Lipinski definition) is 2. The number of carbonyl (C=O) groups is 1. The normalized spacial score (nSPS) is 10.3. The highest BCUT2D eigenvalue weighted by molar-refractivity contribution is 5.84. The smallest absolute Gasteiger partial charge is 0.371 e. The van der Waals surface area contributed by atoms with Crippen LogP contribution in [0.2, 0.25) is 0 Å². The van der Waals surface area contributed by atoms with Crippen LogP contribution in [-0.2, 0) is 0 Å². The van der Waals surface area contributed by atoms with Crippen LogP contribution in [0.5, 0.6) is 0 Å². The lowest BCUT2D eigenvalue weighted by Crippen LogP contribution is -2.21. The minimum absolute atomic E-state index is 0.0227. The van der Waals surface area contributed by atoms with Crippen molar-refractivity contribution in [3.05, 3.63) is 17.9 Å². The van der Waals surface area contributed by atoms with Gasteiger partial charge in [0.2, 0.25) is 5.76 Å². The summed E-state index contributed by atoms with van der Waals surface area (Å²) in [7, 11) is 3.77. The van der Waals surface area contributed by atoms with Crippen molar-refractivity contribution in [2.75, 3.05) is 32.1 Å². The number of nitrogens with one attached hydrogen (secondary N) is 1. The Morgan fingerprint density at radius 3 is 2.87 bits per heavy atom. The van der Waals surface area contributed by atoms with Gasteiger partial charge in [0, 0.05) is 19.7 Å². The van der Waals surface area contributed by atoms with Gasteiger partial charge in [0.1, 0.15) is 0 Å². The molecule has 0 saturated carbocycles. The van der Waals surface area contributed by atoms with Crippen LogP contribution >= 0.6 is 0 Å². The lowest BCUT2D eigenvalue weighted by molar-refractivity contribution is 0.0663. The van der Waals surface area contributed by atoms with Crippen molar-refractivity contribution in [2.45, 2.75) is 6.42 Å². The third-order valence-electron chi connectivity index (χ3n) is 2.10. The van der Waals surface area contributed by atoms with Gasteiger partial charge in [-0.05, 0) is 26.1 Å². The molecule has 15 heavy (non-hydrogen) atoms. The molecule has 0 saturated heterocycles. The third kappa shape index (κ3) is 3.28. The molecule has 0 amide bonds. The maximum Gasteiger partial charge on any atom is 0.371 e. The monoisotopic (exact) mass is 212 g/mol. The second-order valence-corrected chi connectivity index (χ2v) is 3.32. The van der Waals surface area contributed by atoms with E-state index in [1.54, 1.807) is 6.07 Å². The quantitative estimate of drug-likeness (QED) is 0.689. The van der Waals surface area contributed by atoms with Crippen LogP contribution < -0.4 is 10.2 Å². The van der Waals surface area contributed by atoms with E-state index < -0.39 is 5.97 Å². The Morgan fingerprint density at radius 2 is 2.33 bits per heavy atom. The number of rotatable bonds is 6. The molecular weight excluding hydrogens is 196 g/mol. The standard InChI is InChI=1S/C10H16N2O3/c1-11-6-3-7-12(2)9-5-4-8(15-9)10(13)14/h4-5,11H,3,6-7H2,1-2H3,(H,13,14). The molecule has 5 nitrogen and oxygen atoms in total. The minimum atomic E-state index is -1.04. The Balaban J connectivity index is 2.50. The van der Waals surface area contributed by atoms with Crippen LogP contribution in [0.3, 0.4) is 0 Å². The molecule has 1 aromatic heterocycles. The zero-order valence-corrected chi connectivity index (χ0v) is 8.99. The van der Waals surface area contributed by atoms with Crippen molar-refractivity contribution < 1.29 is 14.3 Å². The van der Waals surface area contributed by atoms with E-state index in [0.29, 0.717) is 5.88 Å². The molecule has 0 aliphatic heterocycles. The van der Waals surface area contributed by atoms with E-state index >= 15 is 0 Å². The fourth-order valence-electron chi connectivity index (χ4n) is 1.25. The zero-order valence-electron chi connectivity index (χ0n) is 8.99. The highest BCUT2D eigenvalue weighted by Crippen LogP contribution is 2.17. The lowest BCUT2D eigenvalue weighted by atomic mass is 10.4. The van der Waals surface area contributed by atoms with Crippen LogP contribution in [0.1, 0.15) is 17.0 Å². The van der Waals surface area contributed by atoms with Gasteiger partial charge in [0.15, 0.2) is 5.88 Å². The van der Waals surface area contributed by atoms with Crippen LogP contribution in [0.4, 0.5) is 5.88 Å². The number of anilines is 1. The number of nitrogens with zero attached hydrogens (tertiary/aromatic N) is 1. The summed E-state index contributed by atoms with van der Waals surface area (Å²) in [4.78, 5) is 12.5. The number of hydrogen-bond acceptors (Lipinski definition) is 4. The molecule has 0 aromatic carbocycles. The Hall–Kier alpha value is -1.49. The largest absolute Gasteiger partial charge is 0.475 e. The van der Waals surface area contributed by atoms with E-state index in [2.05, 4.69) is 5.32 Å². The highest BCUT2D eigenvalue weighted by Gasteiger charge is 2.11. The number of carboxylic acids is 1. The third-order valence-corrected chi connectivity index (χ3v) is 2.10. The summed E-state index contributed by atoms with van der Waals surface area (Å²) in [6.07, 6.45) is 0.982. The van der Waals surface area contributed by atoms with Gasteiger partial charge >= 0.3 is 5.97 Å². The topological polar surface area (TPSA) is 65.7 Å². The van der Waals surface area contributed by atoms with Crippen LogP contribution in [0.15, 0.2) is 16.5 Å². The van der Waals surface area contributed by atoms with Crippen molar-refractivity contribution >= 4 is 11.9 Å². The molecule has 1 heterocycles. The van der Waals surface area contributed by atoms with Crippen molar-refractivity contribution in [2.24, 2.45) is 0 Å². The molecule has 0 bridgehead atoms. The second-order valence-electron chi connectivity index (χ2n) is 3.32. The molecule has 0 fully saturated rings. The minimum Gasteiger partial charge on any atom is -0.475 e. The molecule has 0 aliphatic rings. The molecule has 5 heteroatoms. The first-order valence-electron chi connectivity index (χ1n) is 4.84. The van der Waals surface area contributed by atoms with Crippen molar-refractivity contribution in [1.82, 2.24) is 5.32 Å². The first-order valence-corrected chi connectivity index (χ1v) is 4.84. The van der Waals surface area contributed by atoms with Gasteiger partial charge in [0.25, 0.3) is 0 Å². The Bertz CT molecular complexity index is 322. The van der Waals surface area contributed by atoms with E-state index in [0.717, 1.165) is 19.5 Å². The molecular formula is C10H16N2O3. The predicted molar refractivity (Wildman–Crippen MR) is 57.5 cm³/mol. The summed E-state index contributed by atoms with van der Waals surface area (Å²) in [6.45, 7) is 1.75. The summed E-state index contributed by atoms with van der Waals surface area (Å²) in [5.41, 5.74) is 0. The van der Waals surface area contributed by atoms with Crippen molar-refractivity contribution in [1.29, 1.82) is 0 Å². The molecule has 1 aromatic rings. The highest BCUT2D eigenvalue weighted by atomic mass is 16.4. The van der Waals surface area contributed by atoms with Gasteiger partial charge in [-0.3, -0.25) is 0 Å². The zero-order chi connectivity index (χ0) is 11.3. The number of aromatic carboxylic acids is 1.